The zero-order chi connectivity index (χ0) is 25.0. The standard InChI is InChI=1S/C25H36N6O5/c1-12-4-14-6-15(9-25(3,33)8-14)21(12)29-24-27-18(26-19-5-13(2)30-31-19)7-20(28-24)36-17-11-35-22-16(32)10-34-23(17)22/h5,7,12,14-17,21-23,32-33H,4,6,8-11H2,1-3H3,(H3,26,27,28,29,30,31). The van der Waals surface area contributed by atoms with Gasteiger partial charge in [0.25, 0.3) is 0 Å². The number of hydrogen-bond acceptors (Lipinski definition) is 10. The summed E-state index contributed by atoms with van der Waals surface area (Å²) in [5.74, 6) is 3.38. The Balaban J connectivity index is 1.25. The van der Waals surface area contributed by atoms with Gasteiger partial charge in [0.15, 0.2) is 11.9 Å². The molecule has 4 aliphatic rings. The summed E-state index contributed by atoms with van der Waals surface area (Å²) >= 11 is 0. The Morgan fingerprint density at radius 2 is 1.94 bits per heavy atom. The van der Waals surface area contributed by atoms with E-state index < -0.39 is 11.7 Å². The number of rotatable bonds is 6. The summed E-state index contributed by atoms with van der Waals surface area (Å²) in [6, 6.07) is 3.78. The number of hydrogen-bond donors (Lipinski definition) is 5. The Hall–Kier alpha value is -2.47. The van der Waals surface area contributed by atoms with Crippen molar-refractivity contribution in [3.8, 4) is 5.88 Å². The number of H-pyrrole nitrogens is 1. The molecule has 11 nitrogen and oxygen atoms in total. The number of aromatic nitrogens is 4. The van der Waals surface area contributed by atoms with Gasteiger partial charge in [-0.3, -0.25) is 5.10 Å². The smallest absolute Gasteiger partial charge is 0.228 e. The van der Waals surface area contributed by atoms with Gasteiger partial charge in [-0.15, -0.1) is 0 Å². The maximum Gasteiger partial charge on any atom is 0.228 e. The second kappa shape index (κ2) is 9.13. The molecule has 2 saturated heterocycles. The fourth-order valence-corrected chi connectivity index (χ4v) is 6.79. The fourth-order valence-electron chi connectivity index (χ4n) is 6.79. The molecule has 2 bridgehead atoms. The lowest BCUT2D eigenvalue weighted by Crippen LogP contribution is -2.50. The van der Waals surface area contributed by atoms with E-state index in [4.69, 9.17) is 24.2 Å². The van der Waals surface area contributed by atoms with E-state index in [-0.39, 0.29) is 31.0 Å². The van der Waals surface area contributed by atoms with Crippen LogP contribution in [-0.4, -0.2) is 79.7 Å². The molecular weight excluding hydrogens is 464 g/mol. The summed E-state index contributed by atoms with van der Waals surface area (Å²) in [6.07, 6.45) is 2.08. The van der Waals surface area contributed by atoms with E-state index in [1.807, 2.05) is 19.9 Å². The Morgan fingerprint density at radius 1 is 1.11 bits per heavy atom. The van der Waals surface area contributed by atoms with Crippen molar-refractivity contribution < 1.29 is 24.4 Å². The highest BCUT2D eigenvalue weighted by Crippen LogP contribution is 2.47. The van der Waals surface area contributed by atoms with Gasteiger partial charge in [0.2, 0.25) is 11.8 Å². The largest absolute Gasteiger partial charge is 0.469 e. The van der Waals surface area contributed by atoms with E-state index in [0.717, 1.165) is 31.4 Å². The van der Waals surface area contributed by atoms with Gasteiger partial charge in [-0.1, -0.05) is 6.92 Å². The Kier molecular flexibility index (Phi) is 6.06. The molecule has 196 valence electrons. The van der Waals surface area contributed by atoms with Crippen LogP contribution in [0.25, 0.3) is 0 Å². The summed E-state index contributed by atoms with van der Waals surface area (Å²) in [4.78, 5) is 9.43. The molecule has 6 rings (SSSR count). The lowest BCUT2D eigenvalue weighted by atomic mass is 9.61. The monoisotopic (exact) mass is 500 g/mol. The van der Waals surface area contributed by atoms with Gasteiger partial charge in [0, 0.05) is 23.9 Å². The molecular formula is C25H36N6O5. The molecule has 2 saturated carbocycles. The zero-order valence-electron chi connectivity index (χ0n) is 21.0. The number of nitrogens with one attached hydrogen (secondary N) is 3. The van der Waals surface area contributed by atoms with Gasteiger partial charge in [-0.05, 0) is 57.3 Å². The third-order valence-corrected chi connectivity index (χ3v) is 8.11. The van der Waals surface area contributed by atoms with Crippen molar-refractivity contribution in [3.05, 3.63) is 17.8 Å². The number of aliphatic hydroxyl groups excluding tert-OH is 1. The van der Waals surface area contributed by atoms with Crippen molar-refractivity contribution in [2.45, 2.75) is 82.5 Å². The molecule has 2 aliphatic carbocycles. The van der Waals surface area contributed by atoms with Crippen molar-refractivity contribution in [1.29, 1.82) is 0 Å². The summed E-state index contributed by atoms with van der Waals surface area (Å²) in [6.45, 7) is 6.71. The van der Waals surface area contributed by atoms with Crippen molar-refractivity contribution in [2.24, 2.45) is 17.8 Å². The first-order valence-corrected chi connectivity index (χ1v) is 13.0. The predicted molar refractivity (Wildman–Crippen MR) is 131 cm³/mol. The number of aryl methyl sites for hydroxylation is 1. The predicted octanol–water partition coefficient (Wildman–Crippen LogP) is 2.15. The van der Waals surface area contributed by atoms with Crippen LogP contribution in [0.4, 0.5) is 17.6 Å². The molecule has 0 radical (unpaired) electrons. The van der Waals surface area contributed by atoms with Crippen LogP contribution >= 0.6 is 0 Å². The van der Waals surface area contributed by atoms with E-state index in [9.17, 15) is 10.2 Å². The molecule has 9 unspecified atom stereocenters. The molecule has 11 heteroatoms. The second-order valence-corrected chi connectivity index (χ2v) is 11.4. The van der Waals surface area contributed by atoms with Crippen LogP contribution in [0.2, 0.25) is 0 Å². The highest BCUT2D eigenvalue weighted by Gasteiger charge is 2.49. The minimum absolute atomic E-state index is 0.149. The normalized spacial score (nSPS) is 39.6. The van der Waals surface area contributed by atoms with Crippen LogP contribution in [0.1, 0.15) is 45.2 Å². The zero-order valence-corrected chi connectivity index (χ0v) is 21.0. The van der Waals surface area contributed by atoms with Gasteiger partial charge in [-0.2, -0.15) is 15.1 Å². The topological polar surface area (TPSA) is 147 Å². The molecule has 4 fully saturated rings. The van der Waals surface area contributed by atoms with Crippen LogP contribution in [0, 0.1) is 24.7 Å². The Bertz CT molecular complexity index is 1090. The molecule has 5 N–H and O–H groups in total. The van der Waals surface area contributed by atoms with Gasteiger partial charge in [-0.25, -0.2) is 0 Å². The van der Waals surface area contributed by atoms with Crippen LogP contribution in [0.5, 0.6) is 5.88 Å². The third kappa shape index (κ3) is 4.77. The maximum atomic E-state index is 10.8. The van der Waals surface area contributed by atoms with Crippen LogP contribution in [0.15, 0.2) is 12.1 Å². The van der Waals surface area contributed by atoms with Crippen molar-refractivity contribution in [1.82, 2.24) is 20.2 Å². The van der Waals surface area contributed by atoms with Gasteiger partial charge >= 0.3 is 0 Å². The summed E-state index contributed by atoms with van der Waals surface area (Å²) in [7, 11) is 0. The highest BCUT2D eigenvalue weighted by atomic mass is 16.6. The van der Waals surface area contributed by atoms with Crippen LogP contribution in [-0.2, 0) is 9.47 Å². The van der Waals surface area contributed by atoms with E-state index >= 15 is 0 Å². The van der Waals surface area contributed by atoms with Crippen molar-refractivity contribution in [2.75, 3.05) is 23.8 Å². The molecule has 2 aliphatic heterocycles. The Morgan fingerprint density at radius 3 is 2.75 bits per heavy atom. The maximum absolute atomic E-state index is 10.8. The molecule has 0 spiro atoms. The fraction of sp³-hybridized carbons (Fsp3) is 0.720. The number of anilines is 3. The first-order valence-electron chi connectivity index (χ1n) is 13.0. The number of fused-ring (bicyclic) bond motifs is 3. The first-order chi connectivity index (χ1) is 17.2. The van der Waals surface area contributed by atoms with E-state index in [0.29, 0.717) is 47.8 Å². The molecule has 0 aromatic carbocycles. The number of aliphatic hydroxyl groups is 2. The van der Waals surface area contributed by atoms with Gasteiger partial charge in [0.1, 0.15) is 24.1 Å². The van der Waals surface area contributed by atoms with Crippen LogP contribution in [0.3, 0.4) is 0 Å². The van der Waals surface area contributed by atoms with Gasteiger partial charge < -0.3 is 35.1 Å². The molecule has 2 aromatic rings. The minimum Gasteiger partial charge on any atom is -0.469 e. The third-order valence-electron chi connectivity index (χ3n) is 8.11. The van der Waals surface area contributed by atoms with Crippen LogP contribution < -0.4 is 15.4 Å². The lowest BCUT2D eigenvalue weighted by Gasteiger charge is -2.49. The number of ether oxygens (including phenoxy) is 3. The second-order valence-electron chi connectivity index (χ2n) is 11.4. The average Bonchev–Trinajstić information content (AvgIpc) is 3.49. The molecule has 4 heterocycles. The number of nitrogens with zero attached hydrogens (tertiary/aromatic N) is 3. The van der Waals surface area contributed by atoms with E-state index in [1.165, 1.54) is 0 Å². The number of aromatic amines is 1. The Labute approximate surface area is 210 Å². The average molecular weight is 501 g/mol. The van der Waals surface area contributed by atoms with Crippen molar-refractivity contribution in [3.63, 3.8) is 0 Å². The molecule has 36 heavy (non-hydrogen) atoms. The summed E-state index contributed by atoms with van der Waals surface area (Å²) < 4.78 is 17.7. The minimum atomic E-state index is -0.643. The lowest BCUT2D eigenvalue weighted by molar-refractivity contribution is -0.0502. The first kappa shape index (κ1) is 23.9. The molecule has 2 aromatic heterocycles. The quantitative estimate of drug-likeness (QED) is 0.400. The molecule has 9 atom stereocenters. The van der Waals surface area contributed by atoms with Crippen molar-refractivity contribution >= 4 is 17.6 Å². The summed E-state index contributed by atoms with van der Waals surface area (Å²) in [5, 5.41) is 34.9. The molecule has 0 amide bonds. The summed E-state index contributed by atoms with van der Waals surface area (Å²) in [5.41, 5.74) is 0.303. The van der Waals surface area contributed by atoms with E-state index in [1.54, 1.807) is 6.07 Å². The van der Waals surface area contributed by atoms with E-state index in [2.05, 4.69) is 27.8 Å². The van der Waals surface area contributed by atoms with Gasteiger partial charge in [0.05, 0.1) is 18.8 Å². The SMILES string of the molecule is Cc1cc(Nc2cc(OC3COC4C(O)COC34)nc(NC3C(C)CC4CC3CC(C)(O)C4)n2)n[nH]1. The highest BCUT2D eigenvalue weighted by molar-refractivity contribution is 5.55.